The predicted molar refractivity (Wildman–Crippen MR) is 72.9 cm³/mol. The van der Waals surface area contributed by atoms with E-state index in [2.05, 4.69) is 10.3 Å². The van der Waals surface area contributed by atoms with Crippen molar-refractivity contribution in [1.29, 1.82) is 0 Å². The molecule has 1 aromatic carbocycles. The van der Waals surface area contributed by atoms with Crippen molar-refractivity contribution in [2.45, 2.75) is 6.54 Å². The molecule has 2 rings (SSSR count). The van der Waals surface area contributed by atoms with Gasteiger partial charge in [-0.25, -0.2) is 4.98 Å². The van der Waals surface area contributed by atoms with Crippen LogP contribution in [0.5, 0.6) is 0 Å². The molecule has 0 atom stereocenters. The van der Waals surface area contributed by atoms with Crippen molar-refractivity contribution in [3.05, 3.63) is 45.9 Å². The standard InChI is InChI=1S/C12H12N4O2S/c13-5-10-16-9(6-19-10)12(18)15-8-3-1-7(2-4-8)11(14)17/h1-4,6H,5,13H2,(H2,14,17)(H,15,18). The summed E-state index contributed by atoms with van der Waals surface area (Å²) in [6.07, 6.45) is 0. The molecule has 1 heterocycles. The lowest BCUT2D eigenvalue weighted by atomic mass is 10.2. The van der Waals surface area contributed by atoms with Gasteiger partial charge in [-0.1, -0.05) is 0 Å². The fraction of sp³-hybridized carbons (Fsp3) is 0.0833. The van der Waals surface area contributed by atoms with E-state index < -0.39 is 5.91 Å². The zero-order valence-corrected chi connectivity index (χ0v) is 10.7. The molecule has 0 bridgehead atoms. The number of benzene rings is 1. The summed E-state index contributed by atoms with van der Waals surface area (Å²) in [4.78, 5) is 26.8. The van der Waals surface area contributed by atoms with Crippen LogP contribution in [0.15, 0.2) is 29.6 Å². The van der Waals surface area contributed by atoms with E-state index in [0.29, 0.717) is 28.5 Å². The molecule has 98 valence electrons. The minimum atomic E-state index is -0.509. The Kier molecular flexibility index (Phi) is 3.88. The van der Waals surface area contributed by atoms with Gasteiger partial charge in [0.25, 0.3) is 5.91 Å². The highest BCUT2D eigenvalue weighted by molar-refractivity contribution is 7.09. The lowest BCUT2D eigenvalue weighted by Gasteiger charge is -2.03. The van der Waals surface area contributed by atoms with Crippen LogP contribution in [0, 0.1) is 0 Å². The van der Waals surface area contributed by atoms with Crippen LogP contribution in [-0.2, 0) is 6.54 Å². The van der Waals surface area contributed by atoms with E-state index in [1.165, 1.54) is 11.3 Å². The van der Waals surface area contributed by atoms with Crippen LogP contribution in [0.4, 0.5) is 5.69 Å². The van der Waals surface area contributed by atoms with Crippen molar-refractivity contribution in [1.82, 2.24) is 4.98 Å². The Morgan fingerprint density at radius 1 is 1.26 bits per heavy atom. The van der Waals surface area contributed by atoms with Gasteiger partial charge in [0.05, 0.1) is 0 Å². The first kappa shape index (κ1) is 13.2. The van der Waals surface area contributed by atoms with E-state index in [0.717, 1.165) is 0 Å². The second-order valence-electron chi connectivity index (χ2n) is 3.73. The second kappa shape index (κ2) is 5.59. The maximum atomic E-state index is 11.9. The number of nitrogens with two attached hydrogens (primary N) is 2. The molecule has 0 saturated heterocycles. The number of primary amides is 1. The monoisotopic (exact) mass is 276 g/mol. The van der Waals surface area contributed by atoms with Gasteiger partial charge in [-0.2, -0.15) is 0 Å². The summed E-state index contributed by atoms with van der Waals surface area (Å²) in [5.74, 6) is -0.826. The second-order valence-corrected chi connectivity index (χ2v) is 4.67. The third-order valence-electron chi connectivity index (χ3n) is 2.39. The van der Waals surface area contributed by atoms with E-state index >= 15 is 0 Å². The Hall–Kier alpha value is -2.25. The molecular formula is C12H12N4O2S. The molecular weight excluding hydrogens is 264 g/mol. The molecule has 19 heavy (non-hydrogen) atoms. The third-order valence-corrected chi connectivity index (χ3v) is 3.26. The maximum absolute atomic E-state index is 11.9. The number of hydrogen-bond acceptors (Lipinski definition) is 5. The lowest BCUT2D eigenvalue weighted by Crippen LogP contribution is -2.14. The fourth-order valence-corrected chi connectivity index (χ4v) is 2.08. The number of hydrogen-bond donors (Lipinski definition) is 3. The minimum absolute atomic E-state index is 0.311. The van der Waals surface area contributed by atoms with Crippen molar-refractivity contribution in [2.24, 2.45) is 11.5 Å². The van der Waals surface area contributed by atoms with Gasteiger partial charge in [-0.3, -0.25) is 9.59 Å². The molecule has 6 nitrogen and oxygen atoms in total. The number of carbonyl (C=O) groups is 2. The van der Waals surface area contributed by atoms with Crippen LogP contribution in [0.1, 0.15) is 25.9 Å². The number of rotatable bonds is 4. The average Bonchev–Trinajstić information content (AvgIpc) is 2.88. The Morgan fingerprint density at radius 2 is 1.95 bits per heavy atom. The molecule has 7 heteroatoms. The van der Waals surface area contributed by atoms with Gasteiger partial charge in [0, 0.05) is 23.2 Å². The van der Waals surface area contributed by atoms with Crippen LogP contribution in [0.2, 0.25) is 0 Å². The molecule has 0 aliphatic heterocycles. The summed E-state index contributed by atoms with van der Waals surface area (Å²) >= 11 is 1.34. The normalized spacial score (nSPS) is 10.2. The molecule has 0 spiro atoms. The van der Waals surface area contributed by atoms with Gasteiger partial charge in [-0.05, 0) is 24.3 Å². The van der Waals surface area contributed by atoms with Crippen molar-refractivity contribution in [3.8, 4) is 0 Å². The number of thiazole rings is 1. The summed E-state index contributed by atoms with van der Waals surface area (Å²) in [5.41, 5.74) is 11.8. The first-order chi connectivity index (χ1) is 9.10. The summed E-state index contributed by atoms with van der Waals surface area (Å²) in [6, 6.07) is 6.30. The fourth-order valence-electron chi connectivity index (χ4n) is 1.42. The Balaban J connectivity index is 2.08. The third kappa shape index (κ3) is 3.15. The number of carbonyl (C=O) groups excluding carboxylic acids is 2. The van der Waals surface area contributed by atoms with Crippen LogP contribution in [-0.4, -0.2) is 16.8 Å². The number of nitrogens with one attached hydrogen (secondary N) is 1. The SMILES string of the molecule is NCc1nc(C(=O)Nc2ccc(C(N)=O)cc2)cs1. The molecule has 0 aliphatic carbocycles. The van der Waals surface area contributed by atoms with E-state index in [1.54, 1.807) is 29.6 Å². The van der Waals surface area contributed by atoms with Gasteiger partial charge < -0.3 is 16.8 Å². The number of aromatic nitrogens is 1. The number of amides is 2. The van der Waals surface area contributed by atoms with Gasteiger partial charge in [-0.15, -0.1) is 11.3 Å². The molecule has 2 amide bonds. The van der Waals surface area contributed by atoms with E-state index in [-0.39, 0.29) is 5.91 Å². The zero-order chi connectivity index (χ0) is 13.8. The highest BCUT2D eigenvalue weighted by Gasteiger charge is 2.10. The van der Waals surface area contributed by atoms with Crippen molar-refractivity contribution >= 4 is 28.8 Å². The quantitative estimate of drug-likeness (QED) is 0.772. The van der Waals surface area contributed by atoms with Gasteiger partial charge in [0.1, 0.15) is 10.7 Å². The lowest BCUT2D eigenvalue weighted by molar-refractivity contribution is 0.0998. The van der Waals surface area contributed by atoms with Crippen molar-refractivity contribution in [2.75, 3.05) is 5.32 Å². The van der Waals surface area contributed by atoms with Crippen LogP contribution >= 0.6 is 11.3 Å². The summed E-state index contributed by atoms with van der Waals surface area (Å²) < 4.78 is 0. The average molecular weight is 276 g/mol. The van der Waals surface area contributed by atoms with Crippen LogP contribution < -0.4 is 16.8 Å². The van der Waals surface area contributed by atoms with Crippen molar-refractivity contribution < 1.29 is 9.59 Å². The highest BCUT2D eigenvalue weighted by atomic mass is 32.1. The number of nitrogens with zero attached hydrogens (tertiary/aromatic N) is 1. The summed E-state index contributed by atoms with van der Waals surface area (Å²) in [6.45, 7) is 0.311. The highest BCUT2D eigenvalue weighted by Crippen LogP contribution is 2.13. The Bertz CT molecular complexity index is 606. The molecule has 0 radical (unpaired) electrons. The molecule has 2 aromatic rings. The maximum Gasteiger partial charge on any atom is 0.275 e. The van der Waals surface area contributed by atoms with E-state index in [9.17, 15) is 9.59 Å². The summed E-state index contributed by atoms with van der Waals surface area (Å²) in [5, 5.41) is 5.03. The molecule has 0 aliphatic rings. The molecule has 0 unspecified atom stereocenters. The van der Waals surface area contributed by atoms with Crippen LogP contribution in [0.3, 0.4) is 0 Å². The van der Waals surface area contributed by atoms with E-state index in [4.69, 9.17) is 11.5 Å². The molecule has 0 fully saturated rings. The number of anilines is 1. The smallest absolute Gasteiger partial charge is 0.275 e. The molecule has 1 aromatic heterocycles. The predicted octanol–water partition coefficient (Wildman–Crippen LogP) is 0.953. The topological polar surface area (TPSA) is 111 Å². The van der Waals surface area contributed by atoms with Crippen molar-refractivity contribution in [3.63, 3.8) is 0 Å². The van der Waals surface area contributed by atoms with E-state index in [1.807, 2.05) is 0 Å². The Labute approximate surface area is 113 Å². The molecule has 5 N–H and O–H groups in total. The summed E-state index contributed by atoms with van der Waals surface area (Å²) in [7, 11) is 0. The van der Waals surface area contributed by atoms with Gasteiger partial charge >= 0.3 is 0 Å². The van der Waals surface area contributed by atoms with Gasteiger partial charge in [0.15, 0.2) is 0 Å². The largest absolute Gasteiger partial charge is 0.366 e. The Morgan fingerprint density at radius 3 is 2.47 bits per heavy atom. The minimum Gasteiger partial charge on any atom is -0.366 e. The molecule has 0 saturated carbocycles. The van der Waals surface area contributed by atoms with Crippen LogP contribution in [0.25, 0.3) is 0 Å². The first-order valence-corrected chi connectivity index (χ1v) is 6.34. The zero-order valence-electron chi connectivity index (χ0n) is 9.92. The van der Waals surface area contributed by atoms with Gasteiger partial charge in [0.2, 0.25) is 5.91 Å². The first-order valence-electron chi connectivity index (χ1n) is 5.46.